The second-order valence-electron chi connectivity index (χ2n) is 7.16. The number of aromatic carboxylic acids is 1. The lowest BCUT2D eigenvalue weighted by Crippen LogP contribution is -2.29. The molecule has 9 nitrogen and oxygen atoms in total. The van der Waals surface area contributed by atoms with E-state index in [1.807, 2.05) is 18.2 Å². The number of esters is 1. The van der Waals surface area contributed by atoms with E-state index >= 15 is 0 Å². The number of thiophene rings is 1. The fraction of sp³-hybridized carbons (Fsp3) is 0.227. The Hall–Kier alpha value is -3.63. The maximum Gasteiger partial charge on any atom is 0.356 e. The van der Waals surface area contributed by atoms with Crippen molar-refractivity contribution in [2.75, 3.05) is 19.0 Å². The molecule has 1 aliphatic rings. The Balaban J connectivity index is 1.62. The number of carbonyl (C=O) groups excluding carboxylic acids is 2. The fourth-order valence-electron chi connectivity index (χ4n) is 3.66. The number of ether oxygens (including phenoxy) is 1. The van der Waals surface area contributed by atoms with Crippen molar-refractivity contribution >= 4 is 34.2 Å². The molecule has 10 heteroatoms. The van der Waals surface area contributed by atoms with Crippen LogP contribution in [0.3, 0.4) is 0 Å². The van der Waals surface area contributed by atoms with Crippen LogP contribution in [0.4, 0.5) is 5.00 Å². The number of methoxy groups -OCH3 is 1. The molecule has 1 aliphatic heterocycles. The Bertz CT molecular complexity index is 1180. The number of carboxylic acids is 1. The Morgan fingerprint density at radius 3 is 2.56 bits per heavy atom. The summed E-state index contributed by atoms with van der Waals surface area (Å²) < 4.78 is 4.95. The SMILES string of the molecule is COC(=O)c1c(NC(=O)c2nccnc2C(=O)O)sc2c1CCN(Cc1ccccc1)C2. The predicted octanol–water partition coefficient (Wildman–Crippen LogP) is 2.83. The molecule has 0 fully saturated rings. The summed E-state index contributed by atoms with van der Waals surface area (Å²) in [5.74, 6) is -2.66. The number of carbonyl (C=O) groups is 3. The summed E-state index contributed by atoms with van der Waals surface area (Å²) >= 11 is 1.29. The summed E-state index contributed by atoms with van der Waals surface area (Å²) in [4.78, 5) is 47.5. The summed E-state index contributed by atoms with van der Waals surface area (Å²) in [5, 5.41) is 12.3. The van der Waals surface area contributed by atoms with E-state index < -0.39 is 23.5 Å². The van der Waals surface area contributed by atoms with E-state index in [4.69, 9.17) is 4.74 Å². The van der Waals surface area contributed by atoms with E-state index in [9.17, 15) is 19.5 Å². The van der Waals surface area contributed by atoms with Crippen molar-refractivity contribution < 1.29 is 24.2 Å². The third-order valence-corrected chi connectivity index (χ3v) is 6.25. The van der Waals surface area contributed by atoms with Crippen molar-refractivity contribution in [2.24, 2.45) is 0 Å². The van der Waals surface area contributed by atoms with Crippen molar-refractivity contribution in [1.29, 1.82) is 0 Å². The molecule has 0 radical (unpaired) electrons. The monoisotopic (exact) mass is 452 g/mol. The zero-order valence-corrected chi connectivity index (χ0v) is 18.0. The van der Waals surface area contributed by atoms with Gasteiger partial charge in [0.15, 0.2) is 11.4 Å². The van der Waals surface area contributed by atoms with Crippen molar-refractivity contribution in [3.63, 3.8) is 0 Å². The van der Waals surface area contributed by atoms with E-state index in [0.29, 0.717) is 23.5 Å². The third kappa shape index (κ3) is 4.36. The van der Waals surface area contributed by atoms with Crippen LogP contribution in [0.2, 0.25) is 0 Å². The summed E-state index contributed by atoms with van der Waals surface area (Å²) in [5.41, 5.74) is 1.56. The van der Waals surface area contributed by atoms with Gasteiger partial charge in [0.2, 0.25) is 0 Å². The normalized spacial score (nSPS) is 13.3. The first-order chi connectivity index (χ1) is 15.5. The van der Waals surface area contributed by atoms with E-state index in [0.717, 1.165) is 23.5 Å². The van der Waals surface area contributed by atoms with Gasteiger partial charge in [0.05, 0.1) is 12.7 Å². The molecule has 0 unspecified atom stereocenters. The second kappa shape index (κ2) is 9.25. The molecule has 1 amide bonds. The van der Waals surface area contributed by atoms with Gasteiger partial charge in [0.25, 0.3) is 5.91 Å². The minimum atomic E-state index is -1.36. The molecular weight excluding hydrogens is 432 g/mol. The Kier molecular flexibility index (Phi) is 6.24. The highest BCUT2D eigenvalue weighted by Crippen LogP contribution is 2.38. The minimum absolute atomic E-state index is 0.306. The molecule has 3 heterocycles. The first-order valence-electron chi connectivity index (χ1n) is 9.82. The third-order valence-electron chi connectivity index (χ3n) is 5.12. The Morgan fingerprint density at radius 1 is 1.16 bits per heavy atom. The summed E-state index contributed by atoms with van der Waals surface area (Å²) in [6.45, 7) is 2.15. The fourth-order valence-corrected chi connectivity index (χ4v) is 4.94. The van der Waals surface area contributed by atoms with Crippen LogP contribution >= 0.6 is 11.3 Å². The number of fused-ring (bicyclic) bond motifs is 1. The first-order valence-corrected chi connectivity index (χ1v) is 10.6. The number of carboxylic acid groups (broad SMARTS) is 1. The number of amides is 1. The molecule has 1 aromatic carbocycles. The lowest BCUT2D eigenvalue weighted by Gasteiger charge is -2.27. The zero-order chi connectivity index (χ0) is 22.7. The van der Waals surface area contributed by atoms with Crippen LogP contribution < -0.4 is 5.32 Å². The summed E-state index contributed by atoms with van der Waals surface area (Å²) in [6.07, 6.45) is 3.07. The van der Waals surface area contributed by atoms with Crippen LogP contribution in [0.15, 0.2) is 42.7 Å². The number of nitrogens with zero attached hydrogens (tertiary/aromatic N) is 3. The van der Waals surface area contributed by atoms with Crippen molar-refractivity contribution in [3.05, 3.63) is 75.7 Å². The highest BCUT2D eigenvalue weighted by molar-refractivity contribution is 7.17. The molecule has 2 N–H and O–H groups in total. The van der Waals surface area contributed by atoms with Gasteiger partial charge in [0.1, 0.15) is 5.00 Å². The molecule has 2 aromatic heterocycles. The molecule has 0 saturated heterocycles. The summed E-state index contributed by atoms with van der Waals surface area (Å²) in [6, 6.07) is 10.1. The quantitative estimate of drug-likeness (QED) is 0.548. The van der Waals surface area contributed by atoms with Crippen LogP contribution in [-0.4, -0.2) is 51.5 Å². The Labute approximate surface area is 187 Å². The van der Waals surface area contributed by atoms with E-state index in [-0.39, 0.29) is 5.69 Å². The number of benzene rings is 1. The maximum absolute atomic E-state index is 12.8. The number of aromatic nitrogens is 2. The molecule has 0 spiro atoms. The van der Waals surface area contributed by atoms with Gasteiger partial charge in [-0.25, -0.2) is 19.6 Å². The molecule has 0 bridgehead atoms. The molecule has 0 atom stereocenters. The van der Waals surface area contributed by atoms with Crippen LogP contribution in [0, 0.1) is 0 Å². The van der Waals surface area contributed by atoms with Crippen LogP contribution in [0.25, 0.3) is 0 Å². The standard InChI is InChI=1S/C22H20N4O5S/c1-31-22(30)16-14-7-10-26(11-13-5-3-2-4-6-13)12-15(14)32-20(16)25-19(27)17-18(21(28)29)24-9-8-23-17/h2-6,8-9H,7,10-12H2,1H3,(H,25,27)(H,28,29). The van der Waals surface area contributed by atoms with Crippen molar-refractivity contribution in [1.82, 2.24) is 14.9 Å². The molecule has 0 saturated carbocycles. The maximum atomic E-state index is 12.8. The topological polar surface area (TPSA) is 122 Å². The van der Waals surface area contributed by atoms with Crippen LogP contribution in [0.1, 0.15) is 47.3 Å². The number of hydrogen-bond acceptors (Lipinski definition) is 8. The average Bonchev–Trinajstić information content (AvgIpc) is 3.16. The van der Waals surface area contributed by atoms with E-state index in [2.05, 4.69) is 32.3 Å². The lowest BCUT2D eigenvalue weighted by atomic mass is 10.0. The largest absolute Gasteiger partial charge is 0.476 e. The molecule has 3 aromatic rings. The number of hydrogen-bond donors (Lipinski definition) is 2. The van der Waals surface area contributed by atoms with Gasteiger partial charge in [-0.1, -0.05) is 30.3 Å². The molecule has 4 rings (SSSR count). The highest BCUT2D eigenvalue weighted by atomic mass is 32.1. The highest BCUT2D eigenvalue weighted by Gasteiger charge is 2.30. The molecule has 164 valence electrons. The van der Waals surface area contributed by atoms with E-state index in [1.54, 1.807) is 0 Å². The van der Waals surface area contributed by atoms with Gasteiger partial charge < -0.3 is 15.2 Å². The Morgan fingerprint density at radius 2 is 1.88 bits per heavy atom. The molecule has 0 aliphatic carbocycles. The van der Waals surface area contributed by atoms with Gasteiger partial charge >= 0.3 is 11.9 Å². The van der Waals surface area contributed by atoms with Crippen molar-refractivity contribution in [3.8, 4) is 0 Å². The van der Waals surface area contributed by atoms with Crippen molar-refractivity contribution in [2.45, 2.75) is 19.5 Å². The molecule has 32 heavy (non-hydrogen) atoms. The smallest absolute Gasteiger partial charge is 0.356 e. The van der Waals surface area contributed by atoms with Gasteiger partial charge in [-0.3, -0.25) is 9.69 Å². The average molecular weight is 452 g/mol. The zero-order valence-electron chi connectivity index (χ0n) is 17.2. The second-order valence-corrected chi connectivity index (χ2v) is 8.26. The van der Waals surface area contributed by atoms with Crippen LogP contribution in [0.5, 0.6) is 0 Å². The lowest BCUT2D eigenvalue weighted by molar-refractivity contribution is 0.0599. The number of anilines is 1. The number of nitrogens with one attached hydrogen (secondary N) is 1. The van der Waals surface area contributed by atoms with Crippen LogP contribution in [-0.2, 0) is 24.2 Å². The van der Waals surface area contributed by atoms with Gasteiger partial charge in [-0.05, 0) is 17.5 Å². The summed E-state index contributed by atoms with van der Waals surface area (Å²) in [7, 11) is 1.29. The molecular formula is C22H20N4O5S. The van der Waals surface area contributed by atoms with E-state index in [1.165, 1.54) is 36.4 Å². The first kappa shape index (κ1) is 21.6. The van der Waals surface area contributed by atoms with Gasteiger partial charge in [-0.2, -0.15) is 0 Å². The minimum Gasteiger partial charge on any atom is -0.476 e. The predicted molar refractivity (Wildman–Crippen MR) is 117 cm³/mol. The van der Waals surface area contributed by atoms with Gasteiger partial charge in [0, 0.05) is 36.9 Å². The van der Waals surface area contributed by atoms with Gasteiger partial charge in [-0.15, -0.1) is 11.3 Å². The number of rotatable bonds is 6.